The summed E-state index contributed by atoms with van der Waals surface area (Å²) in [5, 5.41) is 9.39. The minimum absolute atomic E-state index is 0.0263. The maximum Gasteiger partial charge on any atom is 0.254 e. The Morgan fingerprint density at radius 2 is 2.00 bits per heavy atom. The normalized spacial score (nSPS) is 17.7. The predicted octanol–water partition coefficient (Wildman–Crippen LogP) is 3.26. The lowest BCUT2D eigenvalue weighted by Crippen LogP contribution is -2.37. The molecule has 114 valence electrons. The highest BCUT2D eigenvalue weighted by Crippen LogP contribution is 2.26. The molecular weight excluding hydrogens is 274 g/mol. The molecule has 0 spiro atoms. The number of amides is 1. The third-order valence-corrected chi connectivity index (χ3v) is 4.41. The Morgan fingerprint density at radius 3 is 2.68 bits per heavy atom. The molecule has 0 unspecified atom stereocenters. The fraction of sp³-hybridized carbons (Fsp3) is 0.316. The van der Waals surface area contributed by atoms with Crippen LogP contribution in [-0.4, -0.2) is 35.1 Å². The number of carbonyl (C=O) groups excluding carboxylic acids is 1. The van der Waals surface area contributed by atoms with Gasteiger partial charge in [0.15, 0.2) is 0 Å². The molecule has 1 saturated heterocycles. The Kier molecular flexibility index (Phi) is 4.25. The first-order valence-corrected chi connectivity index (χ1v) is 7.78. The van der Waals surface area contributed by atoms with Crippen molar-refractivity contribution >= 4 is 5.91 Å². The second-order valence-corrected chi connectivity index (χ2v) is 5.87. The van der Waals surface area contributed by atoms with Gasteiger partial charge in [0.05, 0.1) is 12.6 Å². The van der Waals surface area contributed by atoms with Gasteiger partial charge in [0.25, 0.3) is 5.91 Å². The van der Waals surface area contributed by atoms with Gasteiger partial charge in [-0.15, -0.1) is 0 Å². The van der Waals surface area contributed by atoms with E-state index >= 15 is 0 Å². The van der Waals surface area contributed by atoms with Crippen molar-refractivity contribution in [3.63, 3.8) is 0 Å². The van der Waals surface area contributed by atoms with Crippen molar-refractivity contribution in [1.29, 1.82) is 0 Å². The Hall–Kier alpha value is -2.13. The van der Waals surface area contributed by atoms with Crippen molar-refractivity contribution in [1.82, 2.24) is 4.90 Å². The van der Waals surface area contributed by atoms with E-state index in [0.29, 0.717) is 5.56 Å². The highest BCUT2D eigenvalue weighted by molar-refractivity contribution is 5.95. The molecule has 0 aliphatic carbocycles. The van der Waals surface area contributed by atoms with Crippen LogP contribution in [0.4, 0.5) is 0 Å². The van der Waals surface area contributed by atoms with E-state index in [1.54, 1.807) is 4.90 Å². The van der Waals surface area contributed by atoms with Gasteiger partial charge in [-0.2, -0.15) is 0 Å². The number of aryl methyl sites for hydroxylation is 1. The SMILES string of the molecule is Cc1cc(C(=O)N2CCC[C@H]2CO)ccc1-c1ccccc1. The second-order valence-electron chi connectivity index (χ2n) is 5.87. The molecule has 1 N–H and O–H groups in total. The molecule has 1 fully saturated rings. The smallest absolute Gasteiger partial charge is 0.254 e. The maximum absolute atomic E-state index is 12.6. The van der Waals surface area contributed by atoms with Gasteiger partial charge in [-0.25, -0.2) is 0 Å². The van der Waals surface area contributed by atoms with Crippen LogP contribution in [0.3, 0.4) is 0 Å². The van der Waals surface area contributed by atoms with Gasteiger partial charge in [-0.1, -0.05) is 36.4 Å². The summed E-state index contributed by atoms with van der Waals surface area (Å²) in [6.45, 7) is 2.82. The predicted molar refractivity (Wildman–Crippen MR) is 87.8 cm³/mol. The molecule has 0 bridgehead atoms. The van der Waals surface area contributed by atoms with Crippen LogP contribution in [0.15, 0.2) is 48.5 Å². The third kappa shape index (κ3) is 2.77. The molecular formula is C19H21NO2. The molecule has 1 atom stereocenters. The minimum Gasteiger partial charge on any atom is -0.394 e. The van der Waals surface area contributed by atoms with E-state index in [0.717, 1.165) is 36.1 Å². The average molecular weight is 295 g/mol. The summed E-state index contributed by atoms with van der Waals surface area (Å²) in [6, 6.07) is 16.0. The van der Waals surface area contributed by atoms with Crippen molar-refractivity contribution in [2.75, 3.05) is 13.2 Å². The number of nitrogens with zero attached hydrogens (tertiary/aromatic N) is 1. The van der Waals surface area contributed by atoms with Crippen molar-refractivity contribution in [3.8, 4) is 11.1 Å². The van der Waals surface area contributed by atoms with E-state index in [-0.39, 0.29) is 18.6 Å². The summed E-state index contributed by atoms with van der Waals surface area (Å²) in [4.78, 5) is 14.4. The summed E-state index contributed by atoms with van der Waals surface area (Å²) in [5.41, 5.74) is 4.11. The molecule has 0 aromatic heterocycles. The van der Waals surface area contributed by atoms with Crippen LogP contribution >= 0.6 is 0 Å². The highest BCUT2D eigenvalue weighted by Gasteiger charge is 2.28. The van der Waals surface area contributed by atoms with Crippen LogP contribution in [0, 0.1) is 6.92 Å². The van der Waals surface area contributed by atoms with E-state index in [2.05, 4.69) is 12.1 Å². The standard InChI is InChI=1S/C19H21NO2/c1-14-12-16(19(22)20-11-5-8-17(20)13-21)9-10-18(14)15-6-3-2-4-7-15/h2-4,6-7,9-10,12,17,21H,5,8,11,13H2,1H3/t17-/m0/s1. The molecule has 1 aliphatic heterocycles. The topological polar surface area (TPSA) is 40.5 Å². The largest absolute Gasteiger partial charge is 0.394 e. The molecule has 22 heavy (non-hydrogen) atoms. The highest BCUT2D eigenvalue weighted by atomic mass is 16.3. The van der Waals surface area contributed by atoms with Crippen LogP contribution in [0.5, 0.6) is 0 Å². The third-order valence-electron chi connectivity index (χ3n) is 4.41. The number of benzene rings is 2. The first-order valence-electron chi connectivity index (χ1n) is 7.78. The van der Waals surface area contributed by atoms with E-state index < -0.39 is 0 Å². The van der Waals surface area contributed by atoms with E-state index in [4.69, 9.17) is 0 Å². The number of hydrogen-bond acceptors (Lipinski definition) is 2. The fourth-order valence-electron chi connectivity index (χ4n) is 3.20. The van der Waals surface area contributed by atoms with E-state index in [1.807, 2.05) is 43.3 Å². The lowest BCUT2D eigenvalue weighted by atomic mass is 9.98. The van der Waals surface area contributed by atoms with Crippen LogP contribution in [0.1, 0.15) is 28.8 Å². The van der Waals surface area contributed by atoms with E-state index in [9.17, 15) is 9.90 Å². The Morgan fingerprint density at radius 1 is 1.23 bits per heavy atom. The number of aliphatic hydroxyl groups is 1. The summed E-state index contributed by atoms with van der Waals surface area (Å²) in [5.74, 6) is 0.0271. The van der Waals surface area contributed by atoms with Crippen molar-refractivity contribution < 1.29 is 9.90 Å². The van der Waals surface area contributed by atoms with Crippen LogP contribution in [0.2, 0.25) is 0 Å². The second kappa shape index (κ2) is 6.32. The average Bonchev–Trinajstić information content (AvgIpc) is 3.03. The monoisotopic (exact) mass is 295 g/mol. The van der Waals surface area contributed by atoms with Gasteiger partial charge >= 0.3 is 0 Å². The summed E-state index contributed by atoms with van der Waals surface area (Å²) in [6.07, 6.45) is 1.86. The summed E-state index contributed by atoms with van der Waals surface area (Å²) >= 11 is 0. The quantitative estimate of drug-likeness (QED) is 0.944. The van der Waals surface area contributed by atoms with E-state index in [1.165, 1.54) is 0 Å². The van der Waals surface area contributed by atoms with Crippen molar-refractivity contribution in [2.45, 2.75) is 25.8 Å². The number of aliphatic hydroxyl groups excluding tert-OH is 1. The van der Waals surface area contributed by atoms with Crippen LogP contribution < -0.4 is 0 Å². The number of rotatable bonds is 3. The fourth-order valence-corrected chi connectivity index (χ4v) is 3.20. The molecule has 3 heteroatoms. The first kappa shape index (κ1) is 14.8. The first-order chi connectivity index (χ1) is 10.7. The van der Waals surface area contributed by atoms with Crippen molar-refractivity contribution in [2.24, 2.45) is 0 Å². The van der Waals surface area contributed by atoms with Gasteiger partial charge in [-0.05, 0) is 48.6 Å². The minimum atomic E-state index is -0.0263. The van der Waals surface area contributed by atoms with Crippen LogP contribution in [0.25, 0.3) is 11.1 Å². The number of likely N-dealkylation sites (tertiary alicyclic amines) is 1. The lowest BCUT2D eigenvalue weighted by molar-refractivity contribution is 0.0677. The molecule has 1 aliphatic rings. The van der Waals surface area contributed by atoms with Gasteiger partial charge in [-0.3, -0.25) is 4.79 Å². The maximum atomic E-state index is 12.6. The summed E-state index contributed by atoms with van der Waals surface area (Å²) < 4.78 is 0. The molecule has 3 nitrogen and oxygen atoms in total. The number of hydrogen-bond donors (Lipinski definition) is 1. The Bertz CT molecular complexity index is 666. The van der Waals surface area contributed by atoms with Gasteiger partial charge in [0, 0.05) is 12.1 Å². The zero-order valence-corrected chi connectivity index (χ0v) is 12.8. The molecule has 2 aromatic carbocycles. The molecule has 3 rings (SSSR count). The van der Waals surface area contributed by atoms with Crippen LogP contribution in [-0.2, 0) is 0 Å². The zero-order chi connectivity index (χ0) is 15.5. The Balaban J connectivity index is 1.87. The van der Waals surface area contributed by atoms with Gasteiger partial charge in [0.1, 0.15) is 0 Å². The molecule has 1 amide bonds. The van der Waals surface area contributed by atoms with Crippen molar-refractivity contribution in [3.05, 3.63) is 59.7 Å². The molecule has 0 saturated carbocycles. The number of carbonyl (C=O) groups is 1. The lowest BCUT2D eigenvalue weighted by Gasteiger charge is -2.23. The summed E-state index contributed by atoms with van der Waals surface area (Å²) in [7, 11) is 0. The Labute approximate surface area is 131 Å². The van der Waals surface area contributed by atoms with Gasteiger partial charge in [0.2, 0.25) is 0 Å². The zero-order valence-electron chi connectivity index (χ0n) is 12.8. The molecule has 2 aromatic rings. The molecule has 0 radical (unpaired) electrons. The molecule has 1 heterocycles. The van der Waals surface area contributed by atoms with Gasteiger partial charge < -0.3 is 10.0 Å².